The maximum atomic E-state index is 5.27. The van der Waals surface area contributed by atoms with E-state index in [1.807, 2.05) is 6.07 Å². The molecule has 2 atom stereocenters. The Morgan fingerprint density at radius 2 is 2.24 bits per heavy atom. The van der Waals surface area contributed by atoms with E-state index in [-0.39, 0.29) is 0 Å². The van der Waals surface area contributed by atoms with Crippen LogP contribution in [0.5, 0.6) is 5.75 Å². The van der Waals surface area contributed by atoms with Gasteiger partial charge < -0.3 is 10.1 Å². The molecule has 1 N–H and O–H groups in total. The van der Waals surface area contributed by atoms with Gasteiger partial charge in [-0.15, -0.1) is 0 Å². The van der Waals surface area contributed by atoms with E-state index in [4.69, 9.17) is 4.74 Å². The van der Waals surface area contributed by atoms with Crippen LogP contribution in [0.3, 0.4) is 0 Å². The molecule has 0 aliphatic heterocycles. The van der Waals surface area contributed by atoms with Crippen LogP contribution in [0.1, 0.15) is 31.7 Å². The first-order valence-electron chi connectivity index (χ1n) is 6.68. The average Bonchev–Trinajstić information content (AvgIpc) is 2.77. The summed E-state index contributed by atoms with van der Waals surface area (Å²) in [6.45, 7) is 3.28. The lowest BCUT2D eigenvalue weighted by atomic mass is 9.97. The Hall–Kier alpha value is -1.02. The Morgan fingerprint density at radius 1 is 1.35 bits per heavy atom. The molecule has 2 nitrogen and oxygen atoms in total. The molecule has 2 unspecified atom stereocenters. The lowest BCUT2D eigenvalue weighted by molar-refractivity contribution is 0.413. The van der Waals surface area contributed by atoms with E-state index in [0.29, 0.717) is 0 Å². The molecule has 1 aromatic rings. The highest BCUT2D eigenvalue weighted by Crippen LogP contribution is 2.29. The third kappa shape index (κ3) is 3.47. The van der Waals surface area contributed by atoms with Crippen LogP contribution in [-0.2, 0) is 6.42 Å². The van der Waals surface area contributed by atoms with Gasteiger partial charge in [-0.3, -0.25) is 0 Å². The minimum Gasteiger partial charge on any atom is -0.497 e. The smallest absolute Gasteiger partial charge is 0.119 e. The van der Waals surface area contributed by atoms with Crippen molar-refractivity contribution in [2.75, 3.05) is 13.7 Å². The molecule has 1 aliphatic rings. The quantitative estimate of drug-likeness (QED) is 0.844. The van der Waals surface area contributed by atoms with Crippen LogP contribution in [0.25, 0.3) is 0 Å². The molecule has 1 saturated carbocycles. The summed E-state index contributed by atoms with van der Waals surface area (Å²) >= 11 is 0. The molecular formula is C15H23NO. The Balaban J connectivity index is 1.88. The molecule has 1 aliphatic carbocycles. The van der Waals surface area contributed by atoms with E-state index in [0.717, 1.165) is 24.3 Å². The van der Waals surface area contributed by atoms with Gasteiger partial charge in [0, 0.05) is 6.04 Å². The molecule has 0 saturated heterocycles. The van der Waals surface area contributed by atoms with Gasteiger partial charge in [-0.1, -0.05) is 19.1 Å². The van der Waals surface area contributed by atoms with Crippen molar-refractivity contribution in [3.8, 4) is 5.75 Å². The zero-order chi connectivity index (χ0) is 12.1. The monoisotopic (exact) mass is 233 g/mol. The summed E-state index contributed by atoms with van der Waals surface area (Å²) in [6.07, 6.45) is 5.21. The maximum Gasteiger partial charge on any atom is 0.119 e. The fourth-order valence-corrected chi connectivity index (χ4v) is 2.87. The first-order valence-corrected chi connectivity index (χ1v) is 6.68. The summed E-state index contributed by atoms with van der Waals surface area (Å²) in [5, 5.41) is 3.56. The third-order valence-electron chi connectivity index (χ3n) is 3.69. The van der Waals surface area contributed by atoms with Gasteiger partial charge in [0.05, 0.1) is 7.11 Å². The molecule has 2 rings (SSSR count). The highest BCUT2D eigenvalue weighted by molar-refractivity contribution is 5.28. The maximum absolute atomic E-state index is 5.27. The summed E-state index contributed by atoms with van der Waals surface area (Å²) < 4.78 is 5.27. The second kappa shape index (κ2) is 6.06. The molecule has 2 heteroatoms. The number of rotatable bonds is 5. The number of ether oxygens (including phenoxy) is 1. The van der Waals surface area contributed by atoms with Crippen molar-refractivity contribution in [1.82, 2.24) is 5.32 Å². The van der Waals surface area contributed by atoms with Crippen molar-refractivity contribution >= 4 is 0 Å². The van der Waals surface area contributed by atoms with E-state index in [1.165, 1.54) is 31.2 Å². The van der Waals surface area contributed by atoms with Crippen LogP contribution in [0.2, 0.25) is 0 Å². The standard InChI is InChI=1S/C15H23NO/c1-3-16-14-8-7-13(10-14)9-12-5-4-6-15(11-12)17-2/h4-6,11,13-14,16H,3,7-10H2,1-2H3. The summed E-state index contributed by atoms with van der Waals surface area (Å²) in [6, 6.07) is 9.23. The van der Waals surface area contributed by atoms with Crippen LogP contribution in [0.15, 0.2) is 24.3 Å². The van der Waals surface area contributed by atoms with Crippen molar-refractivity contribution in [1.29, 1.82) is 0 Å². The minimum atomic E-state index is 0.746. The number of hydrogen-bond acceptors (Lipinski definition) is 2. The van der Waals surface area contributed by atoms with E-state index < -0.39 is 0 Å². The topological polar surface area (TPSA) is 21.3 Å². The van der Waals surface area contributed by atoms with Gasteiger partial charge in [0.15, 0.2) is 0 Å². The first kappa shape index (κ1) is 12.4. The molecule has 1 aromatic carbocycles. The highest BCUT2D eigenvalue weighted by atomic mass is 16.5. The van der Waals surface area contributed by atoms with Crippen molar-refractivity contribution < 1.29 is 4.74 Å². The minimum absolute atomic E-state index is 0.746. The second-order valence-corrected chi connectivity index (χ2v) is 4.99. The van der Waals surface area contributed by atoms with Gasteiger partial charge in [-0.25, -0.2) is 0 Å². The van der Waals surface area contributed by atoms with E-state index in [9.17, 15) is 0 Å². The summed E-state index contributed by atoms with van der Waals surface area (Å²) in [5.74, 6) is 1.81. The van der Waals surface area contributed by atoms with Crippen LogP contribution >= 0.6 is 0 Å². The molecule has 0 bridgehead atoms. The Labute approximate surface area is 104 Å². The molecule has 0 radical (unpaired) electrons. The number of nitrogens with one attached hydrogen (secondary N) is 1. The molecule has 0 spiro atoms. The van der Waals surface area contributed by atoms with Crippen LogP contribution in [0, 0.1) is 5.92 Å². The number of hydrogen-bond donors (Lipinski definition) is 1. The Morgan fingerprint density at radius 3 is 3.00 bits per heavy atom. The van der Waals surface area contributed by atoms with Crippen molar-refractivity contribution in [3.05, 3.63) is 29.8 Å². The molecule has 0 aromatic heterocycles. The van der Waals surface area contributed by atoms with E-state index in [2.05, 4.69) is 30.4 Å². The summed E-state index contributed by atoms with van der Waals surface area (Å²) in [7, 11) is 1.73. The third-order valence-corrected chi connectivity index (χ3v) is 3.69. The predicted octanol–water partition coefficient (Wildman–Crippen LogP) is 3.02. The lowest BCUT2D eigenvalue weighted by Crippen LogP contribution is -2.25. The zero-order valence-corrected chi connectivity index (χ0v) is 10.9. The molecule has 0 amide bonds. The van der Waals surface area contributed by atoms with Gasteiger partial charge in [0.2, 0.25) is 0 Å². The van der Waals surface area contributed by atoms with Crippen LogP contribution < -0.4 is 10.1 Å². The molecule has 1 fully saturated rings. The predicted molar refractivity (Wildman–Crippen MR) is 71.5 cm³/mol. The Bertz CT molecular complexity index is 351. The van der Waals surface area contributed by atoms with Crippen LogP contribution in [-0.4, -0.2) is 19.7 Å². The molecule has 94 valence electrons. The SMILES string of the molecule is CCNC1CCC(Cc2cccc(OC)c2)C1. The fourth-order valence-electron chi connectivity index (χ4n) is 2.87. The van der Waals surface area contributed by atoms with Gasteiger partial charge >= 0.3 is 0 Å². The van der Waals surface area contributed by atoms with E-state index in [1.54, 1.807) is 7.11 Å². The number of benzene rings is 1. The van der Waals surface area contributed by atoms with Crippen molar-refractivity contribution in [2.24, 2.45) is 5.92 Å². The first-order chi connectivity index (χ1) is 8.31. The molecule has 0 heterocycles. The molecular weight excluding hydrogens is 210 g/mol. The zero-order valence-electron chi connectivity index (χ0n) is 10.9. The summed E-state index contributed by atoms with van der Waals surface area (Å²) in [4.78, 5) is 0. The fraction of sp³-hybridized carbons (Fsp3) is 0.600. The van der Waals surface area contributed by atoms with Gasteiger partial charge in [0.1, 0.15) is 5.75 Å². The van der Waals surface area contributed by atoms with Gasteiger partial charge in [-0.2, -0.15) is 0 Å². The van der Waals surface area contributed by atoms with Crippen LogP contribution in [0.4, 0.5) is 0 Å². The van der Waals surface area contributed by atoms with Crippen molar-refractivity contribution in [3.63, 3.8) is 0 Å². The van der Waals surface area contributed by atoms with Gasteiger partial charge in [0.25, 0.3) is 0 Å². The second-order valence-electron chi connectivity index (χ2n) is 4.99. The molecule has 17 heavy (non-hydrogen) atoms. The lowest BCUT2D eigenvalue weighted by Gasteiger charge is -2.12. The van der Waals surface area contributed by atoms with Crippen molar-refractivity contribution in [2.45, 2.75) is 38.6 Å². The number of methoxy groups -OCH3 is 1. The largest absolute Gasteiger partial charge is 0.497 e. The highest BCUT2D eigenvalue weighted by Gasteiger charge is 2.23. The van der Waals surface area contributed by atoms with E-state index >= 15 is 0 Å². The van der Waals surface area contributed by atoms with Gasteiger partial charge in [-0.05, 0) is 55.8 Å². The average molecular weight is 233 g/mol. The Kier molecular flexibility index (Phi) is 4.43. The normalized spacial score (nSPS) is 23.9. The summed E-state index contributed by atoms with van der Waals surface area (Å²) in [5.41, 5.74) is 1.41.